The molecule has 0 bridgehead atoms. The molecule has 130 valence electrons. The molecule has 1 amide bonds. The number of carbonyl (C=O) groups excluding carboxylic acids is 1. The van der Waals surface area contributed by atoms with Gasteiger partial charge in [0, 0.05) is 17.9 Å². The van der Waals surface area contributed by atoms with E-state index >= 15 is 0 Å². The van der Waals surface area contributed by atoms with Crippen molar-refractivity contribution in [1.29, 1.82) is 0 Å². The van der Waals surface area contributed by atoms with E-state index in [0.717, 1.165) is 4.88 Å². The SMILES string of the molecule is O=C(CCc1nc(-c2cccs2)no1)NNc1c(Cl)cc(Cl)cc1Cl. The monoisotopic (exact) mass is 416 g/mol. The van der Waals surface area contributed by atoms with Crippen LogP contribution in [-0.2, 0) is 11.2 Å². The molecular weight excluding hydrogens is 407 g/mol. The first-order valence-electron chi connectivity index (χ1n) is 7.09. The number of thiophene rings is 1. The van der Waals surface area contributed by atoms with Crippen LogP contribution < -0.4 is 10.9 Å². The molecular formula is C15H11Cl3N4O2S. The summed E-state index contributed by atoms with van der Waals surface area (Å²) in [5.41, 5.74) is 5.57. The van der Waals surface area contributed by atoms with Crippen molar-refractivity contribution in [3.63, 3.8) is 0 Å². The van der Waals surface area contributed by atoms with Crippen LogP contribution in [0, 0.1) is 0 Å². The molecule has 0 fully saturated rings. The van der Waals surface area contributed by atoms with E-state index in [1.165, 1.54) is 23.5 Å². The Morgan fingerprint density at radius 3 is 2.68 bits per heavy atom. The number of anilines is 1. The molecule has 0 atom stereocenters. The predicted octanol–water partition coefficient (Wildman–Crippen LogP) is 4.83. The lowest BCUT2D eigenvalue weighted by atomic mass is 10.3. The van der Waals surface area contributed by atoms with Crippen molar-refractivity contribution in [2.24, 2.45) is 0 Å². The van der Waals surface area contributed by atoms with Crippen molar-refractivity contribution in [2.75, 3.05) is 5.43 Å². The summed E-state index contributed by atoms with van der Waals surface area (Å²) in [4.78, 5) is 17.1. The van der Waals surface area contributed by atoms with E-state index in [9.17, 15) is 4.79 Å². The second-order valence-electron chi connectivity index (χ2n) is 4.91. The highest BCUT2D eigenvalue weighted by Crippen LogP contribution is 2.33. The van der Waals surface area contributed by atoms with Gasteiger partial charge in [-0.05, 0) is 23.6 Å². The molecule has 0 radical (unpaired) electrons. The van der Waals surface area contributed by atoms with Crippen LogP contribution in [0.15, 0.2) is 34.2 Å². The fraction of sp³-hybridized carbons (Fsp3) is 0.133. The fourth-order valence-corrected chi connectivity index (χ4v) is 3.50. The first-order chi connectivity index (χ1) is 12.0. The number of rotatable bonds is 6. The molecule has 0 aliphatic carbocycles. The van der Waals surface area contributed by atoms with Gasteiger partial charge in [-0.3, -0.25) is 15.6 Å². The zero-order valence-electron chi connectivity index (χ0n) is 12.6. The molecule has 0 spiro atoms. The number of carbonyl (C=O) groups is 1. The molecule has 25 heavy (non-hydrogen) atoms. The lowest BCUT2D eigenvalue weighted by Crippen LogP contribution is -2.29. The molecule has 3 rings (SSSR count). The van der Waals surface area contributed by atoms with E-state index in [0.29, 0.717) is 38.9 Å². The molecule has 1 aromatic carbocycles. The highest BCUT2D eigenvalue weighted by molar-refractivity contribution is 7.13. The Kier molecular flexibility index (Phi) is 5.80. The topological polar surface area (TPSA) is 80.0 Å². The van der Waals surface area contributed by atoms with Crippen LogP contribution in [0.1, 0.15) is 12.3 Å². The second kappa shape index (κ2) is 8.05. The van der Waals surface area contributed by atoms with E-state index < -0.39 is 0 Å². The number of hydrazine groups is 1. The summed E-state index contributed by atoms with van der Waals surface area (Å²) >= 11 is 19.4. The Morgan fingerprint density at radius 1 is 1.24 bits per heavy atom. The maximum absolute atomic E-state index is 11.9. The summed E-state index contributed by atoms with van der Waals surface area (Å²) in [6.07, 6.45) is 0.468. The standard InChI is InChI=1S/C15H11Cl3N4O2S/c16-8-6-9(17)14(10(18)7-8)21-20-12(23)3-4-13-19-15(22-24-13)11-2-1-5-25-11/h1-2,5-7,21H,3-4H2,(H,20,23). The van der Waals surface area contributed by atoms with E-state index in [4.69, 9.17) is 39.3 Å². The van der Waals surface area contributed by atoms with Crippen LogP contribution in [0.3, 0.4) is 0 Å². The van der Waals surface area contributed by atoms with Crippen molar-refractivity contribution in [2.45, 2.75) is 12.8 Å². The van der Waals surface area contributed by atoms with Gasteiger partial charge in [0.1, 0.15) is 0 Å². The molecule has 0 saturated heterocycles. The van der Waals surface area contributed by atoms with Crippen LogP contribution in [-0.4, -0.2) is 16.0 Å². The minimum Gasteiger partial charge on any atom is -0.339 e. The number of halogens is 3. The van der Waals surface area contributed by atoms with Gasteiger partial charge in [0.05, 0.1) is 20.6 Å². The third-order valence-corrected chi connectivity index (χ3v) is 4.79. The Bertz CT molecular complexity index is 860. The normalized spacial score (nSPS) is 10.7. The van der Waals surface area contributed by atoms with Gasteiger partial charge >= 0.3 is 0 Å². The van der Waals surface area contributed by atoms with Gasteiger partial charge in [-0.15, -0.1) is 11.3 Å². The van der Waals surface area contributed by atoms with Crippen LogP contribution >= 0.6 is 46.1 Å². The van der Waals surface area contributed by atoms with Crippen molar-refractivity contribution in [3.8, 4) is 10.7 Å². The van der Waals surface area contributed by atoms with Crippen LogP contribution in [0.25, 0.3) is 10.7 Å². The number of amides is 1. The molecule has 0 saturated carbocycles. The highest BCUT2D eigenvalue weighted by Gasteiger charge is 2.12. The van der Waals surface area contributed by atoms with E-state index in [1.807, 2.05) is 17.5 Å². The number of benzene rings is 1. The minimum absolute atomic E-state index is 0.155. The molecule has 2 heterocycles. The average molecular weight is 418 g/mol. The largest absolute Gasteiger partial charge is 0.339 e. The maximum Gasteiger partial charge on any atom is 0.238 e. The van der Waals surface area contributed by atoms with Crippen molar-refractivity contribution < 1.29 is 9.32 Å². The third-order valence-electron chi connectivity index (χ3n) is 3.11. The van der Waals surface area contributed by atoms with Crippen LogP contribution in [0.5, 0.6) is 0 Å². The molecule has 0 unspecified atom stereocenters. The van der Waals surface area contributed by atoms with Gasteiger partial charge in [-0.1, -0.05) is 46.0 Å². The third kappa shape index (κ3) is 4.64. The van der Waals surface area contributed by atoms with Gasteiger partial charge in [0.25, 0.3) is 0 Å². The van der Waals surface area contributed by atoms with Gasteiger partial charge in [0.2, 0.25) is 17.6 Å². The lowest BCUT2D eigenvalue weighted by molar-refractivity contribution is -0.120. The predicted molar refractivity (Wildman–Crippen MR) is 99.2 cm³/mol. The van der Waals surface area contributed by atoms with Gasteiger partial charge < -0.3 is 4.52 Å². The van der Waals surface area contributed by atoms with E-state index in [-0.39, 0.29) is 12.3 Å². The smallest absolute Gasteiger partial charge is 0.238 e. The van der Waals surface area contributed by atoms with Crippen molar-refractivity contribution >= 4 is 57.7 Å². The molecule has 0 aliphatic rings. The number of aromatic nitrogens is 2. The highest BCUT2D eigenvalue weighted by atomic mass is 35.5. The Hall–Kier alpha value is -1.80. The average Bonchev–Trinajstić information content (AvgIpc) is 3.23. The summed E-state index contributed by atoms with van der Waals surface area (Å²) in [5, 5.41) is 6.83. The summed E-state index contributed by atoms with van der Waals surface area (Å²) in [6.45, 7) is 0. The first kappa shape index (κ1) is 18.0. The van der Waals surface area contributed by atoms with Crippen molar-refractivity contribution in [1.82, 2.24) is 15.6 Å². The number of nitrogens with one attached hydrogen (secondary N) is 2. The second-order valence-corrected chi connectivity index (χ2v) is 7.11. The summed E-state index contributed by atoms with van der Waals surface area (Å²) < 4.78 is 5.14. The zero-order chi connectivity index (χ0) is 17.8. The fourth-order valence-electron chi connectivity index (χ4n) is 1.94. The van der Waals surface area contributed by atoms with Gasteiger partial charge in [-0.25, -0.2) is 0 Å². The number of hydrogen-bond acceptors (Lipinski definition) is 6. The molecule has 2 aromatic heterocycles. The molecule has 3 aromatic rings. The van der Waals surface area contributed by atoms with Crippen LogP contribution in [0.4, 0.5) is 5.69 Å². The summed E-state index contributed by atoms with van der Waals surface area (Å²) in [5.74, 6) is 0.627. The molecule has 2 N–H and O–H groups in total. The van der Waals surface area contributed by atoms with E-state index in [2.05, 4.69) is 21.0 Å². The molecule has 10 heteroatoms. The van der Waals surface area contributed by atoms with Crippen LogP contribution in [0.2, 0.25) is 15.1 Å². The quantitative estimate of drug-likeness (QED) is 0.561. The van der Waals surface area contributed by atoms with E-state index in [1.54, 1.807) is 0 Å². The lowest BCUT2D eigenvalue weighted by Gasteiger charge is -2.11. The number of nitrogens with zero attached hydrogens (tertiary/aromatic N) is 2. The summed E-state index contributed by atoms with van der Waals surface area (Å²) in [7, 11) is 0. The van der Waals surface area contributed by atoms with Gasteiger partial charge in [0.15, 0.2) is 0 Å². The zero-order valence-corrected chi connectivity index (χ0v) is 15.6. The minimum atomic E-state index is -0.280. The maximum atomic E-state index is 11.9. The Labute approximate surface area is 162 Å². The number of hydrogen-bond donors (Lipinski definition) is 2. The first-order valence-corrected chi connectivity index (χ1v) is 9.10. The summed E-state index contributed by atoms with van der Waals surface area (Å²) in [6, 6.07) is 6.85. The van der Waals surface area contributed by atoms with Gasteiger partial charge in [-0.2, -0.15) is 4.98 Å². The molecule has 6 nitrogen and oxygen atoms in total. The Balaban J connectivity index is 1.52. The molecule has 0 aliphatic heterocycles. The van der Waals surface area contributed by atoms with Crippen molar-refractivity contribution in [3.05, 3.63) is 50.6 Å². The Morgan fingerprint density at radius 2 is 2.00 bits per heavy atom. The number of aryl methyl sites for hydroxylation is 1.